The molecule has 0 bridgehead atoms. The van der Waals surface area contributed by atoms with E-state index in [4.69, 9.17) is 0 Å². The average molecular weight is 260 g/mol. The van der Waals surface area contributed by atoms with E-state index in [2.05, 4.69) is 9.47 Å². The zero-order valence-corrected chi connectivity index (χ0v) is 11.6. The van der Waals surface area contributed by atoms with E-state index in [0.717, 1.165) is 0 Å². The third kappa shape index (κ3) is 3.44. The molecule has 15 heavy (non-hydrogen) atoms. The monoisotopic (exact) mass is 258 g/mol. The van der Waals surface area contributed by atoms with Gasteiger partial charge in [-0.3, -0.25) is 0 Å². The average Bonchev–Trinajstić information content (AvgIpc) is 2.27. The van der Waals surface area contributed by atoms with Crippen LogP contribution in [0.1, 0.15) is 20.7 Å². The second-order valence-corrected chi connectivity index (χ2v) is 2.56. The number of ether oxygens (including phenoxy) is 2. The first-order valence-corrected chi connectivity index (χ1v) is 3.95. The fraction of sp³-hybridized carbons (Fsp3) is 0.200. The molecule has 0 aliphatic rings. The largest absolute Gasteiger partial charge is 0.465 e. The quantitative estimate of drug-likeness (QED) is 0.593. The summed E-state index contributed by atoms with van der Waals surface area (Å²) in [4.78, 5) is 22.1. The first kappa shape index (κ1) is 13.8. The van der Waals surface area contributed by atoms with Crippen molar-refractivity contribution < 1.29 is 38.5 Å². The van der Waals surface area contributed by atoms with Gasteiger partial charge in [-0.25, -0.2) is 9.59 Å². The summed E-state index contributed by atoms with van der Waals surface area (Å²) in [5.74, 6) is -0.858. The molecule has 4 nitrogen and oxygen atoms in total. The van der Waals surface area contributed by atoms with E-state index >= 15 is 0 Å². The zero-order valence-electron chi connectivity index (χ0n) is 8.65. The van der Waals surface area contributed by atoms with Crippen LogP contribution in [0.3, 0.4) is 0 Å². The van der Waals surface area contributed by atoms with E-state index in [1.54, 1.807) is 0 Å². The van der Waals surface area contributed by atoms with E-state index in [-0.39, 0.29) is 19.5 Å². The van der Waals surface area contributed by atoms with Crippen LogP contribution in [0.2, 0.25) is 0 Å². The van der Waals surface area contributed by atoms with E-state index in [1.165, 1.54) is 38.5 Å². The maximum Gasteiger partial charge on any atom is 0.337 e. The van der Waals surface area contributed by atoms with Gasteiger partial charge in [-0.05, 0) is 24.3 Å². The van der Waals surface area contributed by atoms with Crippen molar-refractivity contribution in [3.05, 3.63) is 35.4 Å². The summed E-state index contributed by atoms with van der Waals surface area (Å²) in [5, 5.41) is 0. The number of carbonyl (C=O) groups excluding carboxylic acids is 2. The number of rotatable bonds is 2. The summed E-state index contributed by atoms with van der Waals surface area (Å²) in [7, 11) is 2.60. The number of hydrogen-bond acceptors (Lipinski definition) is 4. The molecule has 1 aromatic rings. The van der Waals surface area contributed by atoms with Crippen molar-refractivity contribution in [2.24, 2.45) is 0 Å². The Hall–Kier alpha value is -1.22. The van der Waals surface area contributed by atoms with Crippen LogP contribution in [-0.4, -0.2) is 26.2 Å². The van der Waals surface area contributed by atoms with Gasteiger partial charge < -0.3 is 9.47 Å². The normalized spacial score (nSPS) is 8.67. The minimum absolute atomic E-state index is 0. The molecule has 76 valence electrons. The standard InChI is InChI=1S/C10H10O4.Zn/c1-13-9(11)7-3-5-8(6-4-7)10(12)14-2;/h3-6H,1-2H3;. The van der Waals surface area contributed by atoms with Crippen LogP contribution in [0.5, 0.6) is 0 Å². The Labute approximate surface area is 100 Å². The second kappa shape index (κ2) is 6.30. The third-order valence-corrected chi connectivity index (χ3v) is 1.73. The number of esters is 2. The van der Waals surface area contributed by atoms with Crippen molar-refractivity contribution in [1.82, 2.24) is 0 Å². The van der Waals surface area contributed by atoms with E-state index in [9.17, 15) is 9.59 Å². The number of hydrogen-bond donors (Lipinski definition) is 0. The Morgan fingerprint density at radius 2 is 1.13 bits per heavy atom. The van der Waals surface area contributed by atoms with Crippen molar-refractivity contribution in [2.45, 2.75) is 0 Å². The van der Waals surface area contributed by atoms with Gasteiger partial charge in [0.25, 0.3) is 0 Å². The molecule has 0 fully saturated rings. The predicted molar refractivity (Wildman–Crippen MR) is 49.1 cm³/mol. The Morgan fingerprint density at radius 3 is 1.33 bits per heavy atom. The summed E-state index contributed by atoms with van der Waals surface area (Å²) in [6.07, 6.45) is 0. The molecule has 0 aliphatic heterocycles. The molecule has 0 amide bonds. The molecule has 0 atom stereocenters. The van der Waals surface area contributed by atoms with Crippen molar-refractivity contribution in [3.8, 4) is 0 Å². The van der Waals surface area contributed by atoms with Crippen molar-refractivity contribution >= 4 is 11.9 Å². The van der Waals surface area contributed by atoms with Gasteiger partial charge in [0.15, 0.2) is 0 Å². The summed E-state index contributed by atoms with van der Waals surface area (Å²) < 4.78 is 9.02. The predicted octanol–water partition coefficient (Wildman–Crippen LogP) is 1.26. The molecular formula is C10H10O4Zn. The van der Waals surface area contributed by atoms with Crippen LogP contribution >= 0.6 is 0 Å². The molecule has 0 radical (unpaired) electrons. The van der Waals surface area contributed by atoms with Crippen LogP contribution < -0.4 is 0 Å². The van der Waals surface area contributed by atoms with Crippen molar-refractivity contribution in [2.75, 3.05) is 14.2 Å². The minimum Gasteiger partial charge on any atom is -0.465 e. The summed E-state index contributed by atoms with van der Waals surface area (Å²) in [6, 6.07) is 6.05. The van der Waals surface area contributed by atoms with Crippen LogP contribution in [0.15, 0.2) is 24.3 Å². The van der Waals surface area contributed by atoms with Gasteiger partial charge in [-0.15, -0.1) is 0 Å². The van der Waals surface area contributed by atoms with Gasteiger partial charge in [0.2, 0.25) is 0 Å². The molecule has 5 heteroatoms. The smallest absolute Gasteiger partial charge is 0.337 e. The SMILES string of the molecule is COC(=O)c1ccc(C(=O)OC)cc1.[Zn]. The molecule has 0 spiro atoms. The molecule has 0 unspecified atom stereocenters. The van der Waals surface area contributed by atoms with Crippen LogP contribution in [0.25, 0.3) is 0 Å². The molecule has 0 aliphatic carbocycles. The zero-order chi connectivity index (χ0) is 10.6. The van der Waals surface area contributed by atoms with Crippen molar-refractivity contribution in [1.29, 1.82) is 0 Å². The molecule has 0 saturated carbocycles. The first-order valence-electron chi connectivity index (χ1n) is 3.95. The number of methoxy groups -OCH3 is 2. The Balaban J connectivity index is 0.00000196. The molecule has 0 aromatic heterocycles. The van der Waals surface area contributed by atoms with E-state index in [1.807, 2.05) is 0 Å². The maximum atomic E-state index is 11.0. The second-order valence-electron chi connectivity index (χ2n) is 2.56. The van der Waals surface area contributed by atoms with Crippen LogP contribution in [0.4, 0.5) is 0 Å². The maximum absolute atomic E-state index is 11.0. The molecule has 0 saturated heterocycles. The van der Waals surface area contributed by atoms with Crippen LogP contribution in [-0.2, 0) is 29.0 Å². The molecule has 1 rings (SSSR count). The third-order valence-electron chi connectivity index (χ3n) is 1.73. The molecule has 0 N–H and O–H groups in total. The van der Waals surface area contributed by atoms with E-state index < -0.39 is 11.9 Å². The summed E-state index contributed by atoms with van der Waals surface area (Å²) in [5.41, 5.74) is 0.806. The van der Waals surface area contributed by atoms with Gasteiger partial charge in [0.1, 0.15) is 0 Å². The fourth-order valence-corrected chi connectivity index (χ4v) is 0.978. The van der Waals surface area contributed by atoms with Gasteiger partial charge >= 0.3 is 11.9 Å². The Morgan fingerprint density at radius 1 is 0.867 bits per heavy atom. The minimum atomic E-state index is -0.429. The Kier molecular flexibility index (Phi) is 5.79. The van der Waals surface area contributed by atoms with Gasteiger partial charge in [-0.1, -0.05) is 0 Å². The van der Waals surface area contributed by atoms with Gasteiger partial charge in [-0.2, -0.15) is 0 Å². The van der Waals surface area contributed by atoms with Gasteiger partial charge in [0, 0.05) is 19.5 Å². The van der Waals surface area contributed by atoms with Crippen molar-refractivity contribution in [3.63, 3.8) is 0 Å². The van der Waals surface area contributed by atoms with Crippen LogP contribution in [0, 0.1) is 0 Å². The number of carbonyl (C=O) groups is 2. The topological polar surface area (TPSA) is 52.6 Å². The molecule has 0 heterocycles. The summed E-state index contributed by atoms with van der Waals surface area (Å²) in [6.45, 7) is 0. The van der Waals surface area contributed by atoms with Gasteiger partial charge in [0.05, 0.1) is 25.3 Å². The van der Waals surface area contributed by atoms with E-state index in [0.29, 0.717) is 11.1 Å². The first-order chi connectivity index (χ1) is 6.69. The molecular weight excluding hydrogens is 249 g/mol. The Bertz CT molecular complexity index is 310. The molecule has 1 aromatic carbocycles. The fourth-order valence-electron chi connectivity index (χ4n) is 0.978. The number of benzene rings is 1. The summed E-state index contributed by atoms with van der Waals surface area (Å²) >= 11 is 0.